The van der Waals surface area contributed by atoms with Gasteiger partial charge in [0.05, 0.1) is 5.75 Å². The molecule has 0 saturated heterocycles. The van der Waals surface area contributed by atoms with Crippen LogP contribution in [-0.4, -0.2) is 27.3 Å². The van der Waals surface area contributed by atoms with Crippen LogP contribution in [0.1, 0.15) is 24.4 Å². The van der Waals surface area contributed by atoms with Crippen molar-refractivity contribution in [2.45, 2.75) is 18.9 Å². The van der Waals surface area contributed by atoms with Crippen LogP contribution in [-0.2, 0) is 10.0 Å². The summed E-state index contributed by atoms with van der Waals surface area (Å²) in [6.07, 6.45) is 1.88. The average molecular weight is 269 g/mol. The van der Waals surface area contributed by atoms with Gasteiger partial charge in [-0.05, 0) is 24.5 Å². The van der Waals surface area contributed by atoms with Crippen molar-refractivity contribution < 1.29 is 8.42 Å². The number of para-hydroxylation sites is 1. The molecule has 100 valence electrons. The number of benzene rings is 1. The van der Waals surface area contributed by atoms with Gasteiger partial charge in [-0.2, -0.15) is 0 Å². The van der Waals surface area contributed by atoms with E-state index >= 15 is 0 Å². The molecule has 4 N–H and O–H groups in total. The van der Waals surface area contributed by atoms with Crippen molar-refractivity contribution in [1.82, 2.24) is 0 Å². The van der Waals surface area contributed by atoms with Crippen LogP contribution in [0.25, 0.3) is 0 Å². The van der Waals surface area contributed by atoms with Crippen LogP contribution < -0.4 is 15.8 Å². The molecule has 1 heterocycles. The molecule has 1 aromatic carbocycles. The Morgan fingerprint density at radius 3 is 2.78 bits per heavy atom. The normalized spacial score (nSPS) is 20.3. The zero-order chi connectivity index (χ0) is 13.2. The van der Waals surface area contributed by atoms with Gasteiger partial charge in [-0.1, -0.05) is 18.2 Å². The first kappa shape index (κ1) is 13.3. The predicted octanol–water partition coefficient (Wildman–Crippen LogP) is 0.575. The van der Waals surface area contributed by atoms with E-state index in [1.54, 1.807) is 0 Å². The third-order valence-electron chi connectivity index (χ3n) is 3.27. The Morgan fingerprint density at radius 2 is 2.06 bits per heavy atom. The fourth-order valence-corrected chi connectivity index (χ4v) is 2.81. The highest BCUT2D eigenvalue weighted by Crippen LogP contribution is 2.30. The second kappa shape index (κ2) is 5.26. The minimum atomic E-state index is -3.42. The Morgan fingerprint density at radius 1 is 1.33 bits per heavy atom. The Bertz CT molecular complexity index is 516. The molecule has 2 rings (SSSR count). The van der Waals surface area contributed by atoms with Crippen LogP contribution >= 0.6 is 0 Å². The van der Waals surface area contributed by atoms with E-state index in [9.17, 15) is 8.42 Å². The number of fused-ring (bicyclic) bond motifs is 1. The fourth-order valence-electron chi connectivity index (χ4n) is 2.34. The number of hydrogen-bond acceptors (Lipinski definition) is 4. The summed E-state index contributed by atoms with van der Waals surface area (Å²) in [4.78, 5) is 2.06. The molecule has 0 aromatic heterocycles. The molecule has 1 aliphatic heterocycles. The first-order valence-electron chi connectivity index (χ1n) is 6.07. The SMILES string of the molecule is NC1CCCN(CCS(N)(=O)=O)c2ccccc21. The standard InChI is InChI=1S/C12H19N3O2S/c13-11-5-3-7-15(8-9-18(14,16)17)12-6-2-1-4-10(11)12/h1-2,4,6,11H,3,5,7-9,13H2,(H2,14,16,17). The van der Waals surface area contributed by atoms with Gasteiger partial charge >= 0.3 is 0 Å². The summed E-state index contributed by atoms with van der Waals surface area (Å²) in [7, 11) is -3.42. The Labute approximate surface area is 108 Å². The molecular weight excluding hydrogens is 250 g/mol. The highest BCUT2D eigenvalue weighted by molar-refractivity contribution is 7.89. The van der Waals surface area contributed by atoms with Crippen molar-refractivity contribution in [2.75, 3.05) is 23.7 Å². The summed E-state index contributed by atoms with van der Waals surface area (Å²) in [5, 5.41) is 5.06. The van der Waals surface area contributed by atoms with Gasteiger partial charge < -0.3 is 10.6 Å². The van der Waals surface area contributed by atoms with Crippen LogP contribution in [0, 0.1) is 0 Å². The maximum atomic E-state index is 11.1. The average Bonchev–Trinajstić information content (AvgIpc) is 2.46. The van der Waals surface area contributed by atoms with E-state index in [-0.39, 0.29) is 11.8 Å². The lowest BCUT2D eigenvalue weighted by Gasteiger charge is -2.24. The van der Waals surface area contributed by atoms with Gasteiger partial charge in [0.1, 0.15) is 0 Å². The molecular formula is C12H19N3O2S. The Kier molecular flexibility index (Phi) is 3.89. The van der Waals surface area contributed by atoms with Crippen LogP contribution in [0.15, 0.2) is 24.3 Å². The largest absolute Gasteiger partial charge is 0.370 e. The van der Waals surface area contributed by atoms with Crippen LogP contribution in [0.3, 0.4) is 0 Å². The van der Waals surface area contributed by atoms with E-state index in [2.05, 4.69) is 4.90 Å². The van der Waals surface area contributed by atoms with Crippen molar-refractivity contribution in [3.63, 3.8) is 0 Å². The molecule has 1 unspecified atom stereocenters. The third-order valence-corrected chi connectivity index (χ3v) is 4.02. The van der Waals surface area contributed by atoms with E-state index in [0.29, 0.717) is 6.54 Å². The zero-order valence-corrected chi connectivity index (χ0v) is 11.1. The van der Waals surface area contributed by atoms with Gasteiger partial charge in [0.25, 0.3) is 0 Å². The lowest BCUT2D eigenvalue weighted by atomic mass is 10.0. The van der Waals surface area contributed by atoms with Crippen LogP contribution in [0.4, 0.5) is 5.69 Å². The molecule has 0 radical (unpaired) electrons. The monoisotopic (exact) mass is 269 g/mol. The number of hydrogen-bond donors (Lipinski definition) is 2. The Hall–Kier alpha value is -1.11. The molecule has 1 aromatic rings. The molecule has 5 nitrogen and oxygen atoms in total. The first-order valence-corrected chi connectivity index (χ1v) is 7.79. The van der Waals surface area contributed by atoms with E-state index in [1.165, 1.54) is 0 Å². The van der Waals surface area contributed by atoms with Crippen molar-refractivity contribution in [3.8, 4) is 0 Å². The second-order valence-electron chi connectivity index (χ2n) is 4.66. The lowest BCUT2D eigenvalue weighted by Crippen LogP contribution is -2.32. The van der Waals surface area contributed by atoms with Crippen LogP contribution in [0.2, 0.25) is 0 Å². The van der Waals surface area contributed by atoms with Crippen molar-refractivity contribution in [1.29, 1.82) is 0 Å². The van der Waals surface area contributed by atoms with Gasteiger partial charge in [-0.3, -0.25) is 0 Å². The molecule has 6 heteroatoms. The van der Waals surface area contributed by atoms with Gasteiger partial charge in [-0.15, -0.1) is 0 Å². The Balaban J connectivity index is 2.23. The minimum Gasteiger partial charge on any atom is -0.370 e. The summed E-state index contributed by atoms with van der Waals surface area (Å²) < 4.78 is 22.1. The van der Waals surface area contributed by atoms with Gasteiger partial charge in [0, 0.05) is 24.8 Å². The zero-order valence-electron chi connectivity index (χ0n) is 10.2. The fraction of sp³-hybridized carbons (Fsp3) is 0.500. The summed E-state index contributed by atoms with van der Waals surface area (Å²) >= 11 is 0. The number of sulfonamides is 1. The number of primary sulfonamides is 1. The predicted molar refractivity (Wildman–Crippen MR) is 72.8 cm³/mol. The molecule has 18 heavy (non-hydrogen) atoms. The quantitative estimate of drug-likeness (QED) is 0.839. The number of nitrogens with zero attached hydrogens (tertiary/aromatic N) is 1. The molecule has 1 aliphatic rings. The summed E-state index contributed by atoms with van der Waals surface area (Å²) in [6.45, 7) is 1.24. The van der Waals surface area contributed by atoms with Crippen LogP contribution in [0.5, 0.6) is 0 Å². The summed E-state index contributed by atoms with van der Waals surface area (Å²) in [5.74, 6) is -0.0312. The van der Waals surface area contributed by atoms with Gasteiger partial charge in [0.2, 0.25) is 10.0 Å². The third kappa shape index (κ3) is 3.22. The number of anilines is 1. The molecule has 0 bridgehead atoms. The van der Waals surface area contributed by atoms with E-state index in [4.69, 9.17) is 10.9 Å². The van der Waals surface area contributed by atoms with E-state index in [0.717, 1.165) is 30.6 Å². The number of rotatable bonds is 3. The molecule has 0 fully saturated rings. The minimum absolute atomic E-state index is 0.0284. The smallest absolute Gasteiger partial charge is 0.210 e. The van der Waals surface area contributed by atoms with Gasteiger partial charge in [-0.25, -0.2) is 13.6 Å². The van der Waals surface area contributed by atoms with Crippen molar-refractivity contribution >= 4 is 15.7 Å². The van der Waals surface area contributed by atoms with Crippen molar-refractivity contribution in [3.05, 3.63) is 29.8 Å². The summed E-state index contributed by atoms with van der Waals surface area (Å²) in [6, 6.07) is 7.93. The van der Waals surface area contributed by atoms with Crippen molar-refractivity contribution in [2.24, 2.45) is 10.9 Å². The highest BCUT2D eigenvalue weighted by Gasteiger charge is 2.20. The first-order chi connectivity index (χ1) is 8.47. The molecule has 0 amide bonds. The maximum absolute atomic E-state index is 11.1. The van der Waals surface area contributed by atoms with E-state index in [1.807, 2.05) is 24.3 Å². The molecule has 0 saturated carbocycles. The van der Waals surface area contributed by atoms with E-state index < -0.39 is 10.0 Å². The molecule has 0 aliphatic carbocycles. The second-order valence-corrected chi connectivity index (χ2v) is 6.40. The van der Waals surface area contributed by atoms with Gasteiger partial charge in [0.15, 0.2) is 0 Å². The number of nitrogens with two attached hydrogens (primary N) is 2. The molecule has 0 spiro atoms. The summed E-state index contributed by atoms with van der Waals surface area (Å²) in [5.41, 5.74) is 8.24. The highest BCUT2D eigenvalue weighted by atomic mass is 32.2. The maximum Gasteiger partial charge on any atom is 0.210 e. The lowest BCUT2D eigenvalue weighted by molar-refractivity contribution is 0.594. The molecule has 1 atom stereocenters. The topological polar surface area (TPSA) is 89.4 Å².